The second-order valence-corrected chi connectivity index (χ2v) is 4.78. The standard InChI is InChI=1S/C17H17F2NO2/c18-14-9-8-13(16(19)11-14)12-20-17(21)7-4-10-22-15-5-2-1-3-6-15/h1-3,5-6,8-9,11H,4,7,10,12H2,(H,20,21). The summed E-state index contributed by atoms with van der Waals surface area (Å²) in [6, 6.07) is 12.6. The Morgan fingerprint density at radius 1 is 1.09 bits per heavy atom. The van der Waals surface area contributed by atoms with Crippen LogP contribution in [-0.4, -0.2) is 12.5 Å². The molecule has 3 nitrogen and oxygen atoms in total. The van der Waals surface area contributed by atoms with Gasteiger partial charge in [0.15, 0.2) is 0 Å². The van der Waals surface area contributed by atoms with Gasteiger partial charge in [0, 0.05) is 24.6 Å². The Kier molecular flexibility index (Phi) is 5.89. The lowest BCUT2D eigenvalue weighted by atomic mass is 10.2. The van der Waals surface area contributed by atoms with Crippen LogP contribution >= 0.6 is 0 Å². The fourth-order valence-corrected chi connectivity index (χ4v) is 1.89. The molecule has 1 N–H and O–H groups in total. The number of carbonyl (C=O) groups is 1. The van der Waals surface area contributed by atoms with Crippen LogP contribution in [0.4, 0.5) is 8.78 Å². The minimum absolute atomic E-state index is 0.0461. The van der Waals surface area contributed by atoms with E-state index in [1.165, 1.54) is 6.07 Å². The summed E-state index contributed by atoms with van der Waals surface area (Å²) in [4.78, 5) is 11.6. The van der Waals surface area contributed by atoms with Crippen LogP contribution in [0.3, 0.4) is 0 Å². The van der Waals surface area contributed by atoms with Crippen LogP contribution < -0.4 is 10.1 Å². The van der Waals surface area contributed by atoms with Crippen LogP contribution in [0.15, 0.2) is 48.5 Å². The predicted molar refractivity (Wildman–Crippen MR) is 79.4 cm³/mol. The van der Waals surface area contributed by atoms with Gasteiger partial charge < -0.3 is 10.1 Å². The smallest absolute Gasteiger partial charge is 0.220 e. The molecule has 0 fully saturated rings. The van der Waals surface area contributed by atoms with Crippen molar-refractivity contribution in [3.8, 4) is 5.75 Å². The van der Waals surface area contributed by atoms with Gasteiger partial charge in [-0.25, -0.2) is 8.78 Å². The lowest BCUT2D eigenvalue weighted by molar-refractivity contribution is -0.121. The summed E-state index contributed by atoms with van der Waals surface area (Å²) < 4.78 is 31.6. The zero-order chi connectivity index (χ0) is 15.8. The maximum Gasteiger partial charge on any atom is 0.220 e. The van der Waals surface area contributed by atoms with Crippen molar-refractivity contribution in [3.05, 3.63) is 65.7 Å². The number of rotatable bonds is 7. The van der Waals surface area contributed by atoms with Crippen molar-refractivity contribution in [1.29, 1.82) is 0 Å². The molecule has 0 unspecified atom stereocenters. The van der Waals surface area contributed by atoms with E-state index in [0.717, 1.165) is 17.9 Å². The van der Waals surface area contributed by atoms with Gasteiger partial charge in [-0.1, -0.05) is 24.3 Å². The zero-order valence-electron chi connectivity index (χ0n) is 12.0. The van der Waals surface area contributed by atoms with Crippen LogP contribution in [0.2, 0.25) is 0 Å². The highest BCUT2D eigenvalue weighted by atomic mass is 19.1. The van der Waals surface area contributed by atoms with E-state index in [1.807, 2.05) is 30.3 Å². The van der Waals surface area contributed by atoms with E-state index in [9.17, 15) is 13.6 Å². The van der Waals surface area contributed by atoms with Crippen molar-refractivity contribution in [1.82, 2.24) is 5.32 Å². The van der Waals surface area contributed by atoms with Crippen LogP contribution in [0.25, 0.3) is 0 Å². The molecule has 0 saturated heterocycles. The maximum absolute atomic E-state index is 13.4. The van der Waals surface area contributed by atoms with Gasteiger partial charge >= 0.3 is 0 Å². The molecular formula is C17H17F2NO2. The SMILES string of the molecule is O=C(CCCOc1ccccc1)NCc1ccc(F)cc1F. The van der Waals surface area contributed by atoms with E-state index in [2.05, 4.69) is 5.32 Å². The number of ether oxygens (including phenoxy) is 1. The first-order valence-corrected chi connectivity index (χ1v) is 7.03. The summed E-state index contributed by atoms with van der Waals surface area (Å²) in [6.07, 6.45) is 0.849. The highest BCUT2D eigenvalue weighted by Gasteiger charge is 2.06. The summed E-state index contributed by atoms with van der Waals surface area (Å²) in [5.41, 5.74) is 0.260. The molecule has 0 spiro atoms. The third-order valence-corrected chi connectivity index (χ3v) is 3.05. The molecule has 0 aliphatic heterocycles. The molecule has 2 rings (SSSR count). The molecular weight excluding hydrogens is 288 g/mol. The van der Waals surface area contributed by atoms with E-state index < -0.39 is 11.6 Å². The van der Waals surface area contributed by atoms with E-state index in [1.54, 1.807) is 0 Å². The molecule has 0 heterocycles. The predicted octanol–water partition coefficient (Wildman–Crippen LogP) is 3.44. The lowest BCUT2D eigenvalue weighted by Crippen LogP contribution is -2.23. The fraction of sp³-hybridized carbons (Fsp3) is 0.235. The molecule has 2 aromatic carbocycles. The van der Waals surface area contributed by atoms with Crippen LogP contribution in [0.5, 0.6) is 5.75 Å². The fourth-order valence-electron chi connectivity index (χ4n) is 1.89. The number of carbonyl (C=O) groups excluding carboxylic acids is 1. The Balaban J connectivity index is 1.65. The van der Waals surface area contributed by atoms with Gasteiger partial charge in [-0.2, -0.15) is 0 Å². The summed E-state index contributed by atoms with van der Waals surface area (Å²) in [7, 11) is 0. The Morgan fingerprint density at radius 3 is 2.59 bits per heavy atom. The Bertz CT molecular complexity index is 617. The topological polar surface area (TPSA) is 38.3 Å². The largest absolute Gasteiger partial charge is 0.494 e. The third kappa shape index (κ3) is 5.16. The Morgan fingerprint density at radius 2 is 1.86 bits per heavy atom. The molecule has 22 heavy (non-hydrogen) atoms. The lowest BCUT2D eigenvalue weighted by Gasteiger charge is -2.07. The third-order valence-electron chi connectivity index (χ3n) is 3.05. The Hall–Kier alpha value is -2.43. The molecule has 5 heteroatoms. The number of para-hydroxylation sites is 1. The first-order valence-electron chi connectivity index (χ1n) is 7.03. The maximum atomic E-state index is 13.4. The molecule has 2 aromatic rings. The van der Waals surface area contributed by atoms with Gasteiger partial charge in [0.2, 0.25) is 5.91 Å². The van der Waals surface area contributed by atoms with Crippen molar-refractivity contribution in [3.63, 3.8) is 0 Å². The van der Waals surface area contributed by atoms with Crippen LogP contribution in [-0.2, 0) is 11.3 Å². The van der Waals surface area contributed by atoms with Crippen molar-refractivity contribution in [2.45, 2.75) is 19.4 Å². The number of halogens is 2. The zero-order valence-corrected chi connectivity index (χ0v) is 12.0. The second kappa shape index (κ2) is 8.12. The highest BCUT2D eigenvalue weighted by molar-refractivity contribution is 5.75. The highest BCUT2D eigenvalue weighted by Crippen LogP contribution is 2.10. The molecule has 0 aromatic heterocycles. The quantitative estimate of drug-likeness (QED) is 0.796. The van der Waals surface area contributed by atoms with Gasteiger partial charge in [-0.3, -0.25) is 4.79 Å². The van der Waals surface area contributed by atoms with Crippen LogP contribution in [0.1, 0.15) is 18.4 Å². The summed E-state index contributed by atoms with van der Waals surface area (Å²) in [5.74, 6) is -0.727. The number of nitrogens with one attached hydrogen (secondary N) is 1. The molecule has 0 radical (unpaired) electrons. The van der Waals surface area contributed by atoms with Crippen molar-refractivity contribution < 1.29 is 18.3 Å². The molecule has 0 aliphatic rings. The van der Waals surface area contributed by atoms with E-state index in [4.69, 9.17) is 4.74 Å². The number of amides is 1. The molecule has 0 aliphatic carbocycles. The normalized spacial score (nSPS) is 10.3. The molecule has 0 bridgehead atoms. The van der Waals surface area contributed by atoms with E-state index in [0.29, 0.717) is 13.0 Å². The van der Waals surface area contributed by atoms with E-state index in [-0.39, 0.29) is 24.4 Å². The van der Waals surface area contributed by atoms with Gasteiger partial charge in [-0.05, 0) is 24.6 Å². The van der Waals surface area contributed by atoms with Gasteiger partial charge in [0.25, 0.3) is 0 Å². The summed E-state index contributed by atoms with van der Waals surface area (Å²) in [6.45, 7) is 0.479. The number of hydrogen-bond acceptors (Lipinski definition) is 2. The van der Waals surface area contributed by atoms with Crippen molar-refractivity contribution in [2.75, 3.05) is 6.61 Å². The first-order chi connectivity index (χ1) is 10.6. The number of benzene rings is 2. The summed E-state index contributed by atoms with van der Waals surface area (Å²) >= 11 is 0. The van der Waals surface area contributed by atoms with E-state index >= 15 is 0 Å². The van der Waals surface area contributed by atoms with Crippen LogP contribution in [0, 0.1) is 11.6 Å². The number of hydrogen-bond donors (Lipinski definition) is 1. The first kappa shape index (κ1) is 15.9. The Labute approximate surface area is 127 Å². The molecule has 0 saturated carbocycles. The average molecular weight is 305 g/mol. The molecule has 0 atom stereocenters. The minimum Gasteiger partial charge on any atom is -0.494 e. The average Bonchev–Trinajstić information content (AvgIpc) is 2.52. The van der Waals surface area contributed by atoms with Gasteiger partial charge in [-0.15, -0.1) is 0 Å². The van der Waals surface area contributed by atoms with Gasteiger partial charge in [0.1, 0.15) is 17.4 Å². The second-order valence-electron chi connectivity index (χ2n) is 4.78. The molecule has 116 valence electrons. The molecule has 1 amide bonds. The minimum atomic E-state index is -0.660. The van der Waals surface area contributed by atoms with Crippen molar-refractivity contribution in [2.24, 2.45) is 0 Å². The summed E-state index contributed by atoms with van der Waals surface area (Å²) in [5, 5.41) is 2.60. The van der Waals surface area contributed by atoms with Crippen molar-refractivity contribution >= 4 is 5.91 Å². The monoisotopic (exact) mass is 305 g/mol. The van der Waals surface area contributed by atoms with Gasteiger partial charge in [0.05, 0.1) is 6.61 Å².